The number of carbonyl (C=O) groups excluding carboxylic acids is 1. The van der Waals surface area contributed by atoms with Crippen LogP contribution < -0.4 is 0 Å². The number of hydrogen-bond donors (Lipinski definition) is 1. The molecule has 1 heterocycles. The second kappa shape index (κ2) is 7.45. The average molecular weight is 357 g/mol. The van der Waals surface area contributed by atoms with Crippen LogP contribution in [0, 0.1) is 11.8 Å². The molecule has 7 heteroatoms. The Morgan fingerprint density at radius 3 is 2.60 bits per heavy atom. The molecule has 0 bridgehead atoms. The fourth-order valence-electron chi connectivity index (χ4n) is 3.27. The number of carboxylic acids is 1. The van der Waals surface area contributed by atoms with Crippen molar-refractivity contribution < 1.29 is 27.9 Å². The van der Waals surface area contributed by atoms with Crippen molar-refractivity contribution in [3.63, 3.8) is 0 Å². The van der Waals surface area contributed by atoms with Crippen molar-refractivity contribution in [1.82, 2.24) is 4.90 Å². The fourth-order valence-corrected chi connectivity index (χ4v) is 3.27. The summed E-state index contributed by atoms with van der Waals surface area (Å²) in [5.41, 5.74) is -0.253. The highest BCUT2D eigenvalue weighted by Gasteiger charge is 2.34. The maximum atomic E-state index is 12.8. The molecule has 0 radical (unpaired) electrons. The van der Waals surface area contributed by atoms with E-state index < -0.39 is 23.6 Å². The summed E-state index contributed by atoms with van der Waals surface area (Å²) in [6.07, 6.45) is -3.90. The Morgan fingerprint density at radius 1 is 1.36 bits per heavy atom. The molecule has 1 aliphatic rings. The summed E-state index contributed by atoms with van der Waals surface area (Å²) in [5, 5.41) is 9.12. The second-order valence-corrected chi connectivity index (χ2v) is 6.78. The van der Waals surface area contributed by atoms with Crippen LogP contribution in [0.1, 0.15) is 43.7 Å². The normalized spacial score (nSPS) is 22.5. The lowest BCUT2D eigenvalue weighted by molar-refractivity contribution is -0.148. The highest BCUT2D eigenvalue weighted by molar-refractivity contribution is 5.78. The third-order valence-electron chi connectivity index (χ3n) is 4.84. The van der Waals surface area contributed by atoms with Gasteiger partial charge in [0.1, 0.15) is 0 Å². The monoisotopic (exact) mass is 357 g/mol. The lowest BCUT2D eigenvalue weighted by Gasteiger charge is -2.35. The van der Waals surface area contributed by atoms with Gasteiger partial charge in [0.2, 0.25) is 5.91 Å². The van der Waals surface area contributed by atoms with E-state index in [-0.39, 0.29) is 24.2 Å². The third-order valence-corrected chi connectivity index (χ3v) is 4.84. The van der Waals surface area contributed by atoms with Crippen LogP contribution in [0.3, 0.4) is 0 Å². The van der Waals surface area contributed by atoms with Gasteiger partial charge in [0.15, 0.2) is 0 Å². The van der Waals surface area contributed by atoms with E-state index in [1.54, 1.807) is 24.8 Å². The average Bonchev–Trinajstić information content (AvgIpc) is 2.53. The summed E-state index contributed by atoms with van der Waals surface area (Å²) in [4.78, 5) is 25.2. The number of rotatable bonds is 4. The summed E-state index contributed by atoms with van der Waals surface area (Å²) < 4.78 is 38.4. The first-order chi connectivity index (χ1) is 11.6. The quantitative estimate of drug-likeness (QED) is 0.892. The van der Waals surface area contributed by atoms with Crippen LogP contribution in [-0.2, 0) is 15.8 Å². The van der Waals surface area contributed by atoms with E-state index in [4.69, 9.17) is 5.11 Å². The number of aliphatic carboxylic acids is 1. The SMILES string of the molecule is CC(CC(=O)N1CCC(C(=O)O)C(C)C1)c1cccc(C(F)(F)F)c1. The maximum absolute atomic E-state index is 12.8. The highest BCUT2D eigenvalue weighted by Crippen LogP contribution is 2.32. The Bertz CT molecular complexity index is 645. The van der Waals surface area contributed by atoms with Gasteiger partial charge in [-0.05, 0) is 29.9 Å². The van der Waals surface area contributed by atoms with E-state index in [0.29, 0.717) is 25.1 Å². The van der Waals surface area contributed by atoms with E-state index in [1.165, 1.54) is 6.07 Å². The van der Waals surface area contributed by atoms with Crippen LogP contribution in [0.25, 0.3) is 0 Å². The summed E-state index contributed by atoms with van der Waals surface area (Å²) in [7, 11) is 0. The Hall–Kier alpha value is -2.05. The molecule has 3 atom stereocenters. The number of likely N-dealkylation sites (tertiary alicyclic amines) is 1. The third kappa shape index (κ3) is 4.74. The van der Waals surface area contributed by atoms with Gasteiger partial charge in [-0.1, -0.05) is 32.0 Å². The number of carbonyl (C=O) groups is 2. The van der Waals surface area contributed by atoms with Crippen LogP contribution >= 0.6 is 0 Å². The molecule has 1 N–H and O–H groups in total. The number of alkyl halides is 3. The Kier molecular flexibility index (Phi) is 5.75. The smallest absolute Gasteiger partial charge is 0.416 e. The minimum Gasteiger partial charge on any atom is -0.481 e. The lowest BCUT2D eigenvalue weighted by Crippen LogP contribution is -2.45. The van der Waals surface area contributed by atoms with Gasteiger partial charge in [-0.25, -0.2) is 0 Å². The Balaban J connectivity index is 2.00. The van der Waals surface area contributed by atoms with Gasteiger partial charge in [-0.3, -0.25) is 9.59 Å². The number of piperidine rings is 1. The second-order valence-electron chi connectivity index (χ2n) is 6.78. The molecule has 3 unspecified atom stereocenters. The highest BCUT2D eigenvalue weighted by atomic mass is 19.4. The van der Waals surface area contributed by atoms with E-state index in [2.05, 4.69) is 0 Å². The molecule has 1 aliphatic heterocycles. The molecular formula is C18H22F3NO3. The number of benzene rings is 1. The van der Waals surface area contributed by atoms with Gasteiger partial charge in [0.05, 0.1) is 11.5 Å². The maximum Gasteiger partial charge on any atom is 0.416 e. The van der Waals surface area contributed by atoms with E-state index in [1.807, 2.05) is 0 Å². The largest absolute Gasteiger partial charge is 0.481 e. The van der Waals surface area contributed by atoms with Crippen LogP contribution in [0.4, 0.5) is 13.2 Å². The van der Waals surface area contributed by atoms with Crippen molar-refractivity contribution in [3.8, 4) is 0 Å². The van der Waals surface area contributed by atoms with E-state index in [9.17, 15) is 22.8 Å². The van der Waals surface area contributed by atoms with Gasteiger partial charge in [-0.15, -0.1) is 0 Å². The van der Waals surface area contributed by atoms with Crippen molar-refractivity contribution in [2.24, 2.45) is 11.8 Å². The minimum atomic E-state index is -4.41. The summed E-state index contributed by atoms with van der Waals surface area (Å²) in [5.74, 6) is -1.94. The molecule has 1 saturated heterocycles. The number of halogens is 3. The van der Waals surface area contributed by atoms with Crippen molar-refractivity contribution in [1.29, 1.82) is 0 Å². The molecule has 138 valence electrons. The van der Waals surface area contributed by atoms with Gasteiger partial charge < -0.3 is 10.0 Å². The first-order valence-corrected chi connectivity index (χ1v) is 8.27. The predicted molar refractivity (Wildman–Crippen MR) is 86.0 cm³/mol. The molecule has 1 amide bonds. The molecule has 0 aromatic heterocycles. The summed E-state index contributed by atoms with van der Waals surface area (Å²) >= 11 is 0. The molecule has 1 aromatic rings. The zero-order valence-electron chi connectivity index (χ0n) is 14.2. The van der Waals surface area contributed by atoms with E-state index in [0.717, 1.165) is 12.1 Å². The van der Waals surface area contributed by atoms with Crippen LogP contribution in [0.5, 0.6) is 0 Å². The van der Waals surface area contributed by atoms with Crippen molar-refractivity contribution in [2.45, 2.75) is 38.8 Å². The molecule has 1 aromatic carbocycles. The zero-order valence-corrected chi connectivity index (χ0v) is 14.2. The molecule has 2 rings (SSSR count). The summed E-state index contributed by atoms with van der Waals surface area (Å²) in [6, 6.07) is 5.03. The molecule has 0 aliphatic carbocycles. The molecule has 25 heavy (non-hydrogen) atoms. The van der Waals surface area contributed by atoms with Gasteiger partial charge in [-0.2, -0.15) is 13.2 Å². The van der Waals surface area contributed by atoms with Crippen LogP contribution in [0.2, 0.25) is 0 Å². The van der Waals surface area contributed by atoms with Crippen molar-refractivity contribution in [2.75, 3.05) is 13.1 Å². The predicted octanol–water partition coefficient (Wildman–Crippen LogP) is 3.77. The number of nitrogens with zero attached hydrogens (tertiary/aromatic N) is 1. The number of amides is 1. The van der Waals surface area contributed by atoms with Gasteiger partial charge >= 0.3 is 12.1 Å². The van der Waals surface area contributed by atoms with Gasteiger partial charge in [0, 0.05) is 19.5 Å². The first kappa shape index (κ1) is 19.3. The number of carboxylic acid groups (broad SMARTS) is 1. The summed E-state index contributed by atoms with van der Waals surface area (Å²) in [6.45, 7) is 4.26. The Labute approximate surface area is 144 Å². The fraction of sp³-hybridized carbons (Fsp3) is 0.556. The van der Waals surface area contributed by atoms with Crippen molar-refractivity contribution in [3.05, 3.63) is 35.4 Å². The Morgan fingerprint density at radius 2 is 2.04 bits per heavy atom. The minimum absolute atomic E-state index is 0.103. The van der Waals surface area contributed by atoms with E-state index >= 15 is 0 Å². The van der Waals surface area contributed by atoms with Gasteiger partial charge in [0.25, 0.3) is 0 Å². The topological polar surface area (TPSA) is 57.6 Å². The molecule has 0 spiro atoms. The molecule has 1 fully saturated rings. The van der Waals surface area contributed by atoms with Crippen LogP contribution in [0.15, 0.2) is 24.3 Å². The molecule has 0 saturated carbocycles. The van der Waals surface area contributed by atoms with Crippen molar-refractivity contribution >= 4 is 11.9 Å². The molecular weight excluding hydrogens is 335 g/mol. The lowest BCUT2D eigenvalue weighted by atomic mass is 9.86. The molecule has 4 nitrogen and oxygen atoms in total. The zero-order chi connectivity index (χ0) is 18.8. The standard InChI is InChI=1S/C18H22F3NO3/c1-11(13-4-3-5-14(9-13)18(19,20)21)8-16(23)22-7-6-15(17(24)25)12(2)10-22/h3-5,9,11-12,15H,6-8,10H2,1-2H3,(H,24,25). The first-order valence-electron chi connectivity index (χ1n) is 8.27. The number of hydrogen-bond acceptors (Lipinski definition) is 2. The van der Waals surface area contributed by atoms with Crippen LogP contribution in [-0.4, -0.2) is 35.0 Å².